The summed E-state index contributed by atoms with van der Waals surface area (Å²) >= 11 is 0. The fourth-order valence-corrected chi connectivity index (χ4v) is 6.24. The van der Waals surface area contributed by atoms with Crippen LogP contribution in [0.4, 0.5) is 0 Å². The normalized spacial score (nSPS) is 21.8. The zero-order valence-corrected chi connectivity index (χ0v) is 21.8. The van der Waals surface area contributed by atoms with Crippen LogP contribution >= 0.6 is 0 Å². The van der Waals surface area contributed by atoms with Gasteiger partial charge in [-0.05, 0) is 153 Å². The second-order valence-corrected chi connectivity index (χ2v) is 10.5. The van der Waals surface area contributed by atoms with Crippen molar-refractivity contribution < 1.29 is 0 Å². The molecule has 1 atom stereocenters. The van der Waals surface area contributed by atoms with Crippen LogP contribution in [0.5, 0.6) is 0 Å². The highest BCUT2D eigenvalue weighted by Crippen LogP contribution is 2.47. The van der Waals surface area contributed by atoms with Crippen molar-refractivity contribution in [1.82, 2.24) is 0 Å². The number of aryl methyl sites for hydroxylation is 3. The lowest BCUT2D eigenvalue weighted by Gasteiger charge is -2.22. The van der Waals surface area contributed by atoms with Crippen LogP contribution in [0.25, 0.3) is 10.8 Å². The summed E-state index contributed by atoms with van der Waals surface area (Å²) in [5, 5.41) is 3.03. The molecule has 0 aromatic heterocycles. The Morgan fingerprint density at radius 3 is 1.97 bits per heavy atom. The zero-order chi connectivity index (χ0) is 23.5. The highest BCUT2D eigenvalue weighted by Gasteiger charge is 2.30. The van der Waals surface area contributed by atoms with E-state index in [1.54, 1.807) is 16.7 Å². The molecule has 0 radical (unpaired) electrons. The molecular weight excluding hydrogens is 384 g/mol. The van der Waals surface area contributed by atoms with Gasteiger partial charge in [-0.15, -0.1) is 0 Å². The third-order valence-corrected chi connectivity index (χ3v) is 8.95. The van der Waals surface area contributed by atoms with Crippen LogP contribution in [0.15, 0.2) is 46.6 Å². The van der Waals surface area contributed by atoms with Crippen LogP contribution in [0, 0.1) is 41.5 Å². The minimum atomic E-state index is 0.468. The minimum absolute atomic E-state index is 0.468. The maximum atomic E-state index is 4.42. The molecule has 0 aliphatic heterocycles. The van der Waals surface area contributed by atoms with E-state index in [1.165, 1.54) is 79.3 Å². The lowest BCUT2D eigenvalue weighted by atomic mass is 9.82. The van der Waals surface area contributed by atoms with Crippen molar-refractivity contribution in [2.24, 2.45) is 0 Å². The van der Waals surface area contributed by atoms with E-state index < -0.39 is 0 Å². The Kier molecular flexibility index (Phi) is 5.86. The number of hydrogen-bond donors (Lipinski definition) is 0. The molecule has 0 spiro atoms. The average molecular weight is 425 g/mol. The van der Waals surface area contributed by atoms with Crippen molar-refractivity contribution in [2.75, 3.05) is 0 Å². The lowest BCUT2D eigenvalue weighted by Crippen LogP contribution is -2.03. The first-order valence-electron chi connectivity index (χ1n) is 12.3. The number of hydrogen-bond acceptors (Lipinski definition) is 0. The van der Waals surface area contributed by atoms with Crippen LogP contribution in [-0.2, 0) is 6.42 Å². The molecule has 0 N–H and O–H groups in total. The summed E-state index contributed by atoms with van der Waals surface area (Å²) in [4.78, 5) is 0. The molecule has 2 aromatic carbocycles. The van der Waals surface area contributed by atoms with E-state index in [9.17, 15) is 0 Å². The summed E-state index contributed by atoms with van der Waals surface area (Å²) < 4.78 is 0. The van der Waals surface area contributed by atoms with Gasteiger partial charge in [0.15, 0.2) is 0 Å². The Morgan fingerprint density at radius 2 is 1.31 bits per heavy atom. The lowest BCUT2D eigenvalue weighted by molar-refractivity contribution is 0.826. The Balaban J connectivity index is 1.92. The first kappa shape index (κ1) is 22.8. The minimum Gasteiger partial charge on any atom is -0.0952 e. The number of benzene rings is 2. The van der Waals surface area contributed by atoms with Crippen LogP contribution in [0.1, 0.15) is 90.5 Å². The van der Waals surface area contributed by atoms with Crippen molar-refractivity contribution in [3.8, 4) is 0 Å². The quantitative estimate of drug-likeness (QED) is 0.428. The van der Waals surface area contributed by atoms with Gasteiger partial charge in [0.25, 0.3) is 0 Å². The molecule has 0 fully saturated rings. The SMILES string of the molecule is C=C1CCCC(C)=C(C)/C1=C/C=C1\Cc2c(c(C)c(C)c3c(C)c(C)c(C)c(C)c23)C1C. The van der Waals surface area contributed by atoms with Gasteiger partial charge in [0.2, 0.25) is 0 Å². The van der Waals surface area contributed by atoms with Gasteiger partial charge < -0.3 is 0 Å². The Morgan fingerprint density at radius 1 is 0.719 bits per heavy atom. The van der Waals surface area contributed by atoms with Crippen LogP contribution in [0.2, 0.25) is 0 Å². The summed E-state index contributed by atoms with van der Waals surface area (Å²) in [5.41, 5.74) is 19.1. The van der Waals surface area contributed by atoms with Gasteiger partial charge in [0.05, 0.1) is 0 Å². The fourth-order valence-electron chi connectivity index (χ4n) is 6.24. The van der Waals surface area contributed by atoms with E-state index in [2.05, 4.69) is 81.0 Å². The second-order valence-electron chi connectivity index (χ2n) is 10.5. The molecule has 2 aromatic rings. The van der Waals surface area contributed by atoms with Crippen LogP contribution in [0.3, 0.4) is 0 Å². The molecule has 4 rings (SSSR count). The summed E-state index contributed by atoms with van der Waals surface area (Å²) in [5.74, 6) is 0.468. The molecule has 0 nitrogen and oxygen atoms in total. The molecule has 32 heavy (non-hydrogen) atoms. The maximum absolute atomic E-state index is 4.42. The Hall–Kier alpha value is -2.34. The number of fused-ring (bicyclic) bond motifs is 3. The third kappa shape index (κ3) is 3.35. The molecule has 2 aliphatic carbocycles. The highest BCUT2D eigenvalue weighted by molar-refractivity contribution is 5.98. The molecule has 0 bridgehead atoms. The van der Waals surface area contributed by atoms with Crippen molar-refractivity contribution in [2.45, 2.75) is 93.9 Å². The van der Waals surface area contributed by atoms with Gasteiger partial charge >= 0.3 is 0 Å². The average Bonchev–Trinajstić information content (AvgIpc) is 3.02. The predicted octanol–water partition coefficient (Wildman–Crippen LogP) is 9.28. The van der Waals surface area contributed by atoms with Gasteiger partial charge in [-0.25, -0.2) is 0 Å². The van der Waals surface area contributed by atoms with E-state index in [0.29, 0.717) is 5.92 Å². The summed E-state index contributed by atoms with van der Waals surface area (Å²) in [7, 11) is 0. The van der Waals surface area contributed by atoms with Crippen molar-refractivity contribution >= 4 is 10.8 Å². The summed E-state index contributed by atoms with van der Waals surface area (Å²) in [6, 6.07) is 0. The van der Waals surface area contributed by atoms with E-state index in [1.807, 2.05) is 0 Å². The largest absolute Gasteiger partial charge is 0.0952 e. The van der Waals surface area contributed by atoms with Gasteiger partial charge in [-0.2, -0.15) is 0 Å². The molecule has 0 heteroatoms. The highest BCUT2D eigenvalue weighted by atomic mass is 14.3. The van der Waals surface area contributed by atoms with Crippen LogP contribution < -0.4 is 0 Å². The Bertz CT molecular complexity index is 1250. The van der Waals surface area contributed by atoms with Crippen molar-refractivity contribution in [1.29, 1.82) is 0 Å². The molecule has 0 heterocycles. The van der Waals surface area contributed by atoms with Gasteiger partial charge in [0, 0.05) is 5.92 Å². The first-order valence-corrected chi connectivity index (χ1v) is 12.3. The molecule has 0 saturated heterocycles. The van der Waals surface area contributed by atoms with Crippen molar-refractivity contribution in [3.63, 3.8) is 0 Å². The molecule has 2 aliphatic rings. The topological polar surface area (TPSA) is 0 Å². The molecule has 168 valence electrons. The molecule has 0 saturated carbocycles. The van der Waals surface area contributed by atoms with Crippen molar-refractivity contribution in [3.05, 3.63) is 91.1 Å². The second kappa shape index (κ2) is 8.22. The van der Waals surface area contributed by atoms with Gasteiger partial charge in [-0.3, -0.25) is 0 Å². The fraction of sp³-hybridized carbons (Fsp3) is 0.438. The monoisotopic (exact) mass is 424 g/mol. The predicted molar refractivity (Wildman–Crippen MR) is 142 cm³/mol. The smallest absolute Gasteiger partial charge is 0.00320 e. The maximum Gasteiger partial charge on any atom is 0.00320 e. The zero-order valence-electron chi connectivity index (χ0n) is 21.8. The third-order valence-electron chi connectivity index (χ3n) is 8.95. The van der Waals surface area contributed by atoms with Crippen LogP contribution in [-0.4, -0.2) is 0 Å². The summed E-state index contributed by atoms with van der Waals surface area (Å²) in [6.45, 7) is 25.3. The molecule has 0 amide bonds. The Labute approximate surface area is 195 Å². The van der Waals surface area contributed by atoms with E-state index in [0.717, 1.165) is 12.8 Å². The number of rotatable bonds is 1. The number of allylic oxidation sites excluding steroid dienone is 7. The molecular formula is C32H40. The van der Waals surface area contributed by atoms with Gasteiger partial charge in [0.1, 0.15) is 0 Å². The first-order chi connectivity index (χ1) is 15.1. The van der Waals surface area contributed by atoms with E-state index in [4.69, 9.17) is 0 Å². The molecule has 1 unspecified atom stereocenters. The van der Waals surface area contributed by atoms with Gasteiger partial charge in [-0.1, -0.05) is 36.8 Å². The van der Waals surface area contributed by atoms with E-state index >= 15 is 0 Å². The summed E-state index contributed by atoms with van der Waals surface area (Å²) in [6.07, 6.45) is 9.40. The standard InChI is InChI=1S/C32H40/c1-17-12-11-13-18(2)28(19(17)3)15-14-27-16-29-30(26(27)10)24(8)25(9)31-22(6)20(4)21(5)23(7)32(29)31/h14-15,26H,2,11-13,16H2,1,3-10H3/b27-14+,28-15+. The van der Waals surface area contributed by atoms with E-state index in [-0.39, 0.29) is 0 Å².